The maximum absolute atomic E-state index is 13.8. The molecule has 8 nitrogen and oxygen atoms in total. The lowest BCUT2D eigenvalue weighted by molar-refractivity contribution is -0.143. The molecule has 0 bridgehead atoms. The maximum Gasteiger partial charge on any atom is 0.247 e. The summed E-state index contributed by atoms with van der Waals surface area (Å²) in [6.07, 6.45) is 6.73. The summed E-state index contributed by atoms with van der Waals surface area (Å²) in [5, 5.41) is 11.5. The zero-order valence-electron chi connectivity index (χ0n) is 20.3. The van der Waals surface area contributed by atoms with Gasteiger partial charge in [0.05, 0.1) is 11.6 Å². The number of fused-ring (bicyclic) bond motifs is 1. The Hall–Kier alpha value is -3.33. The minimum Gasteiger partial charge on any atom is -0.376 e. The number of ether oxygens (including phenoxy) is 1. The van der Waals surface area contributed by atoms with Crippen molar-refractivity contribution in [1.29, 1.82) is 0 Å². The van der Waals surface area contributed by atoms with E-state index in [4.69, 9.17) is 4.74 Å². The first-order chi connectivity index (χ1) is 17.6. The number of amides is 2. The number of hydrogen-bond acceptors (Lipinski definition) is 5. The van der Waals surface area contributed by atoms with Gasteiger partial charge < -0.3 is 15.0 Å². The number of carbonyl (C=O) groups is 2. The summed E-state index contributed by atoms with van der Waals surface area (Å²) in [7, 11) is 0. The van der Waals surface area contributed by atoms with Gasteiger partial charge in [-0.1, -0.05) is 48.7 Å². The normalized spacial score (nSPS) is 19.3. The van der Waals surface area contributed by atoms with Gasteiger partial charge in [0.1, 0.15) is 23.9 Å². The Bertz CT molecular complexity index is 1190. The number of rotatable bonds is 8. The number of carbonyl (C=O) groups excluding carboxylic acids is 2. The van der Waals surface area contributed by atoms with Crippen molar-refractivity contribution >= 4 is 22.8 Å². The topological polar surface area (TPSA) is 89.4 Å². The first-order valence-corrected chi connectivity index (χ1v) is 12.8. The molecule has 9 heteroatoms. The highest BCUT2D eigenvalue weighted by atomic mass is 19.1. The highest BCUT2D eigenvalue weighted by Crippen LogP contribution is 2.27. The molecule has 2 heterocycles. The van der Waals surface area contributed by atoms with Crippen molar-refractivity contribution in [2.75, 3.05) is 13.2 Å². The second kappa shape index (κ2) is 11.2. The number of nitrogens with zero attached hydrogens (tertiary/aromatic N) is 4. The fourth-order valence-electron chi connectivity index (χ4n) is 5.26. The van der Waals surface area contributed by atoms with Gasteiger partial charge in [0.15, 0.2) is 0 Å². The zero-order chi connectivity index (χ0) is 24.9. The summed E-state index contributed by atoms with van der Waals surface area (Å²) < 4.78 is 21.2. The van der Waals surface area contributed by atoms with Gasteiger partial charge in [-0.15, -0.1) is 5.10 Å². The summed E-state index contributed by atoms with van der Waals surface area (Å²) in [5.41, 5.74) is 2.01. The fourth-order valence-corrected chi connectivity index (χ4v) is 5.26. The summed E-state index contributed by atoms with van der Waals surface area (Å²) in [6.45, 7) is 0.836. The number of benzene rings is 2. The molecule has 0 radical (unpaired) electrons. The summed E-state index contributed by atoms with van der Waals surface area (Å²) >= 11 is 0. The predicted octanol–water partition coefficient (Wildman–Crippen LogP) is 3.77. The average Bonchev–Trinajstić information content (AvgIpc) is 3.56. The molecule has 190 valence electrons. The summed E-state index contributed by atoms with van der Waals surface area (Å²) in [5.74, 6) is -0.908. The van der Waals surface area contributed by atoms with Crippen molar-refractivity contribution in [1.82, 2.24) is 25.2 Å². The van der Waals surface area contributed by atoms with Crippen LogP contribution in [0, 0.1) is 5.82 Å². The van der Waals surface area contributed by atoms with Crippen LogP contribution in [0.25, 0.3) is 11.0 Å². The van der Waals surface area contributed by atoms with Gasteiger partial charge in [-0.3, -0.25) is 9.59 Å². The van der Waals surface area contributed by atoms with Crippen LogP contribution in [-0.4, -0.2) is 57.0 Å². The number of nitrogens with one attached hydrogen (secondary N) is 1. The van der Waals surface area contributed by atoms with E-state index in [1.807, 2.05) is 24.3 Å². The van der Waals surface area contributed by atoms with Gasteiger partial charge in [0.25, 0.3) is 0 Å². The third kappa shape index (κ3) is 5.56. The Kier molecular flexibility index (Phi) is 7.55. The molecule has 36 heavy (non-hydrogen) atoms. The van der Waals surface area contributed by atoms with Crippen LogP contribution < -0.4 is 5.32 Å². The molecule has 1 saturated carbocycles. The Balaban J connectivity index is 1.46. The van der Waals surface area contributed by atoms with E-state index in [1.54, 1.807) is 21.7 Å². The van der Waals surface area contributed by atoms with Crippen molar-refractivity contribution in [3.63, 3.8) is 0 Å². The van der Waals surface area contributed by atoms with E-state index < -0.39 is 11.9 Å². The molecule has 2 atom stereocenters. The number of aromatic nitrogens is 3. The van der Waals surface area contributed by atoms with Crippen LogP contribution in [0.4, 0.5) is 4.39 Å². The largest absolute Gasteiger partial charge is 0.376 e. The van der Waals surface area contributed by atoms with Gasteiger partial charge in [0, 0.05) is 19.2 Å². The third-order valence-corrected chi connectivity index (χ3v) is 7.15. The predicted molar refractivity (Wildman–Crippen MR) is 132 cm³/mol. The van der Waals surface area contributed by atoms with Crippen LogP contribution in [0.1, 0.15) is 56.6 Å². The molecule has 2 amide bonds. The lowest BCUT2D eigenvalue weighted by Crippen LogP contribution is -2.49. The fraction of sp³-hybridized carbons (Fsp3) is 0.481. The molecule has 1 aliphatic carbocycles. The van der Waals surface area contributed by atoms with Gasteiger partial charge >= 0.3 is 0 Å². The lowest BCUT2D eigenvalue weighted by Gasteiger charge is -2.34. The Morgan fingerprint density at radius 1 is 1.06 bits per heavy atom. The molecule has 0 spiro atoms. The van der Waals surface area contributed by atoms with Gasteiger partial charge in [-0.25, -0.2) is 9.07 Å². The van der Waals surface area contributed by atoms with Gasteiger partial charge in [0.2, 0.25) is 11.8 Å². The quantitative estimate of drug-likeness (QED) is 0.516. The van der Waals surface area contributed by atoms with Gasteiger partial charge in [-0.2, -0.15) is 0 Å². The standard InChI is InChI=1S/C27H32FN5O3/c28-20-14-12-19(13-15-20)26(27(35)29-21-7-2-1-3-8-21)32(17-22-9-6-16-36-22)25(34)18-33-24-11-5-4-10-23(24)30-31-33/h4-5,10-15,21-22,26H,1-3,6-9,16-18H2,(H,29,35)/t22-,26+/m1/s1. The van der Waals surface area contributed by atoms with E-state index in [9.17, 15) is 14.0 Å². The van der Waals surface area contributed by atoms with Crippen molar-refractivity contribution in [3.05, 3.63) is 59.9 Å². The van der Waals surface area contributed by atoms with Crippen LogP contribution in [0.3, 0.4) is 0 Å². The van der Waals surface area contributed by atoms with Crippen LogP contribution in [0.2, 0.25) is 0 Å². The first kappa shape index (κ1) is 24.4. The summed E-state index contributed by atoms with van der Waals surface area (Å²) in [4.78, 5) is 29.2. The van der Waals surface area contributed by atoms with E-state index in [1.165, 1.54) is 18.6 Å². The lowest BCUT2D eigenvalue weighted by atomic mass is 9.94. The molecular weight excluding hydrogens is 461 g/mol. The zero-order valence-corrected chi connectivity index (χ0v) is 20.3. The molecule has 1 aliphatic heterocycles. The molecule has 2 aromatic carbocycles. The minimum absolute atomic E-state index is 0.0678. The average molecular weight is 494 g/mol. The van der Waals surface area contributed by atoms with Crippen LogP contribution >= 0.6 is 0 Å². The highest BCUT2D eigenvalue weighted by Gasteiger charge is 2.35. The molecule has 3 aromatic rings. The number of halogens is 1. The first-order valence-electron chi connectivity index (χ1n) is 12.8. The Morgan fingerprint density at radius 2 is 1.83 bits per heavy atom. The van der Waals surface area contributed by atoms with E-state index in [0.717, 1.165) is 44.0 Å². The monoisotopic (exact) mass is 493 g/mol. The molecule has 2 aliphatic rings. The smallest absolute Gasteiger partial charge is 0.247 e. The van der Waals surface area contributed by atoms with E-state index in [-0.39, 0.29) is 37.0 Å². The molecular formula is C27H32FN5O3. The van der Waals surface area contributed by atoms with Crippen molar-refractivity contribution in [3.8, 4) is 0 Å². The van der Waals surface area contributed by atoms with Crippen LogP contribution in [0.15, 0.2) is 48.5 Å². The van der Waals surface area contributed by atoms with Crippen LogP contribution in [0.5, 0.6) is 0 Å². The van der Waals surface area contributed by atoms with Crippen molar-refractivity contribution in [2.45, 2.75) is 69.7 Å². The SMILES string of the molecule is O=C(NC1CCCCC1)[C@H](c1ccc(F)cc1)N(C[C@H]1CCCO1)C(=O)Cn1nnc2ccccc21. The molecule has 1 N–H and O–H groups in total. The Morgan fingerprint density at radius 3 is 2.58 bits per heavy atom. The second-order valence-electron chi connectivity index (χ2n) is 9.71. The van der Waals surface area contributed by atoms with E-state index >= 15 is 0 Å². The third-order valence-electron chi connectivity index (χ3n) is 7.15. The number of hydrogen-bond donors (Lipinski definition) is 1. The molecule has 1 aromatic heterocycles. The maximum atomic E-state index is 13.8. The minimum atomic E-state index is -0.904. The van der Waals surface area contributed by atoms with Gasteiger partial charge in [-0.05, 0) is 55.5 Å². The molecule has 1 saturated heterocycles. The van der Waals surface area contributed by atoms with Crippen molar-refractivity contribution < 1.29 is 18.7 Å². The Labute approximate surface area is 209 Å². The van der Waals surface area contributed by atoms with E-state index in [0.29, 0.717) is 17.7 Å². The summed E-state index contributed by atoms with van der Waals surface area (Å²) in [6, 6.07) is 12.4. The van der Waals surface area contributed by atoms with Crippen LogP contribution in [-0.2, 0) is 20.9 Å². The highest BCUT2D eigenvalue weighted by molar-refractivity contribution is 5.89. The molecule has 0 unspecified atom stereocenters. The van der Waals surface area contributed by atoms with E-state index in [2.05, 4.69) is 15.6 Å². The molecule has 5 rings (SSSR count). The van der Waals surface area contributed by atoms with Crippen molar-refractivity contribution in [2.24, 2.45) is 0 Å². The second-order valence-corrected chi connectivity index (χ2v) is 9.71. The molecule has 2 fully saturated rings. The number of para-hydroxylation sites is 1.